The second-order valence-electron chi connectivity index (χ2n) is 5.20. The lowest BCUT2D eigenvalue weighted by Gasteiger charge is -2.14. The minimum Gasteiger partial charge on any atom is -0.373 e. The highest BCUT2D eigenvalue weighted by Crippen LogP contribution is 2.25. The van der Waals surface area contributed by atoms with Crippen LogP contribution in [0.2, 0.25) is 0 Å². The summed E-state index contributed by atoms with van der Waals surface area (Å²) in [6.45, 7) is 0.640. The third-order valence-corrected chi connectivity index (χ3v) is 3.65. The number of hydrogen-bond donors (Lipinski definition) is 0. The van der Waals surface area contributed by atoms with E-state index in [1.807, 2.05) is 36.4 Å². The maximum Gasteiger partial charge on any atom is 0.173 e. The molecule has 0 aromatic heterocycles. The summed E-state index contributed by atoms with van der Waals surface area (Å²) in [7, 11) is 0. The summed E-state index contributed by atoms with van der Waals surface area (Å²) in [5, 5.41) is 0. The van der Waals surface area contributed by atoms with Gasteiger partial charge >= 0.3 is 0 Å². The van der Waals surface area contributed by atoms with Gasteiger partial charge in [-0.15, -0.1) is 0 Å². The zero-order valence-corrected chi connectivity index (χ0v) is 11.6. The minimum atomic E-state index is -0.665. The Kier molecular flexibility index (Phi) is 3.93. The molecule has 1 saturated heterocycles. The van der Waals surface area contributed by atoms with Crippen molar-refractivity contribution in [1.29, 1.82) is 0 Å². The average Bonchev–Trinajstić information content (AvgIpc) is 3.37. The fourth-order valence-corrected chi connectivity index (χ4v) is 2.41. The molecule has 2 aromatic carbocycles. The Bertz CT molecular complexity index is 579. The van der Waals surface area contributed by atoms with Crippen LogP contribution in [0, 0.1) is 5.92 Å². The van der Waals surface area contributed by atoms with Gasteiger partial charge in [0.1, 0.15) is 0 Å². The Balaban J connectivity index is 1.87. The summed E-state index contributed by atoms with van der Waals surface area (Å²) in [4.78, 5) is 25.3. The van der Waals surface area contributed by atoms with Gasteiger partial charge in [-0.3, -0.25) is 9.59 Å². The number of epoxide rings is 1. The standard InChI is InChI=1S/C18H16O3/c19-17(13-7-3-1-4-8-13)16(11-15-12-21-15)18(20)14-9-5-2-6-10-14/h1-10,15-16H,11-12H2. The van der Waals surface area contributed by atoms with E-state index in [0.717, 1.165) is 0 Å². The van der Waals surface area contributed by atoms with E-state index in [0.29, 0.717) is 24.2 Å². The molecule has 1 atom stereocenters. The van der Waals surface area contributed by atoms with Crippen molar-refractivity contribution in [2.24, 2.45) is 5.92 Å². The van der Waals surface area contributed by atoms with Gasteiger partial charge < -0.3 is 4.74 Å². The normalized spacial score (nSPS) is 16.7. The molecule has 1 aliphatic rings. The highest BCUT2D eigenvalue weighted by molar-refractivity contribution is 6.16. The van der Waals surface area contributed by atoms with Gasteiger partial charge in [0.05, 0.1) is 18.6 Å². The minimum absolute atomic E-state index is 0.0373. The molecule has 3 nitrogen and oxygen atoms in total. The molecule has 0 radical (unpaired) electrons. The number of ketones is 2. The van der Waals surface area contributed by atoms with Crippen molar-refractivity contribution >= 4 is 11.6 Å². The first-order valence-corrected chi connectivity index (χ1v) is 7.06. The maximum absolute atomic E-state index is 12.6. The fourth-order valence-electron chi connectivity index (χ4n) is 2.41. The molecule has 0 aliphatic carbocycles. The summed E-state index contributed by atoms with van der Waals surface area (Å²) in [5.74, 6) is -0.915. The van der Waals surface area contributed by atoms with Crippen LogP contribution in [-0.2, 0) is 4.74 Å². The van der Waals surface area contributed by atoms with Crippen molar-refractivity contribution in [3.8, 4) is 0 Å². The van der Waals surface area contributed by atoms with Gasteiger partial charge in [-0.1, -0.05) is 60.7 Å². The monoisotopic (exact) mass is 280 g/mol. The SMILES string of the molecule is O=C(c1ccccc1)C(CC1CO1)C(=O)c1ccccc1. The molecule has 2 aromatic rings. The topological polar surface area (TPSA) is 46.7 Å². The van der Waals surface area contributed by atoms with Crippen LogP contribution in [0.25, 0.3) is 0 Å². The average molecular weight is 280 g/mol. The number of benzene rings is 2. The highest BCUT2D eigenvalue weighted by Gasteiger charge is 2.35. The van der Waals surface area contributed by atoms with E-state index in [2.05, 4.69) is 0 Å². The summed E-state index contributed by atoms with van der Waals surface area (Å²) in [6, 6.07) is 18.0. The molecular weight excluding hydrogens is 264 g/mol. The predicted molar refractivity (Wildman–Crippen MR) is 79.4 cm³/mol. The van der Waals surface area contributed by atoms with Gasteiger partial charge in [0.25, 0.3) is 0 Å². The molecule has 1 aliphatic heterocycles. The van der Waals surface area contributed by atoms with Gasteiger partial charge in [0.2, 0.25) is 0 Å². The molecule has 0 N–H and O–H groups in total. The Morgan fingerprint density at radius 1 is 0.905 bits per heavy atom. The molecule has 1 heterocycles. The Hall–Kier alpha value is -2.26. The van der Waals surface area contributed by atoms with Crippen LogP contribution in [0.15, 0.2) is 60.7 Å². The van der Waals surface area contributed by atoms with E-state index in [9.17, 15) is 9.59 Å². The second kappa shape index (κ2) is 6.02. The van der Waals surface area contributed by atoms with Crippen molar-refractivity contribution < 1.29 is 14.3 Å². The van der Waals surface area contributed by atoms with Gasteiger partial charge in [-0.05, 0) is 6.42 Å². The fraction of sp³-hybridized carbons (Fsp3) is 0.222. The number of rotatable bonds is 6. The van der Waals surface area contributed by atoms with Crippen molar-refractivity contribution in [2.45, 2.75) is 12.5 Å². The first-order valence-electron chi connectivity index (χ1n) is 7.06. The lowest BCUT2D eigenvalue weighted by molar-refractivity contribution is 0.0791. The molecule has 0 saturated carbocycles. The van der Waals surface area contributed by atoms with Crippen LogP contribution < -0.4 is 0 Å². The molecule has 3 rings (SSSR count). The molecule has 0 spiro atoms. The van der Waals surface area contributed by atoms with E-state index >= 15 is 0 Å². The highest BCUT2D eigenvalue weighted by atomic mass is 16.6. The third kappa shape index (κ3) is 3.26. The first kappa shape index (κ1) is 13.7. The van der Waals surface area contributed by atoms with Crippen molar-refractivity contribution in [3.63, 3.8) is 0 Å². The Labute approximate surface area is 123 Å². The lowest BCUT2D eigenvalue weighted by Crippen LogP contribution is -2.26. The second-order valence-corrected chi connectivity index (χ2v) is 5.20. The number of carbonyl (C=O) groups excluding carboxylic acids is 2. The van der Waals surface area contributed by atoms with Crippen LogP contribution in [-0.4, -0.2) is 24.3 Å². The van der Waals surface area contributed by atoms with Gasteiger partial charge in [0.15, 0.2) is 11.6 Å². The predicted octanol–water partition coefficient (Wildman–Crippen LogP) is 3.16. The van der Waals surface area contributed by atoms with Crippen LogP contribution in [0.4, 0.5) is 0 Å². The Morgan fingerprint density at radius 3 is 1.71 bits per heavy atom. The summed E-state index contributed by atoms with van der Waals surface area (Å²) >= 11 is 0. The van der Waals surface area contributed by atoms with Gasteiger partial charge in [-0.25, -0.2) is 0 Å². The van der Waals surface area contributed by atoms with E-state index in [4.69, 9.17) is 4.74 Å². The maximum atomic E-state index is 12.6. The smallest absolute Gasteiger partial charge is 0.173 e. The molecule has 3 heteroatoms. The van der Waals surface area contributed by atoms with Crippen molar-refractivity contribution in [2.75, 3.05) is 6.61 Å². The first-order chi connectivity index (χ1) is 10.3. The van der Waals surface area contributed by atoms with Crippen LogP contribution in [0.1, 0.15) is 27.1 Å². The number of hydrogen-bond acceptors (Lipinski definition) is 3. The number of carbonyl (C=O) groups is 2. The van der Waals surface area contributed by atoms with Crippen LogP contribution in [0.5, 0.6) is 0 Å². The van der Waals surface area contributed by atoms with Crippen molar-refractivity contribution in [1.82, 2.24) is 0 Å². The molecule has 106 valence electrons. The van der Waals surface area contributed by atoms with E-state index in [-0.39, 0.29) is 17.7 Å². The quantitative estimate of drug-likeness (QED) is 0.464. The molecule has 21 heavy (non-hydrogen) atoms. The van der Waals surface area contributed by atoms with Gasteiger partial charge in [0, 0.05) is 11.1 Å². The number of Topliss-reactive ketones (excluding diaryl/α,β-unsaturated/α-hetero) is 2. The lowest BCUT2D eigenvalue weighted by atomic mass is 9.86. The van der Waals surface area contributed by atoms with Crippen LogP contribution >= 0.6 is 0 Å². The largest absolute Gasteiger partial charge is 0.373 e. The molecule has 0 bridgehead atoms. The third-order valence-electron chi connectivity index (χ3n) is 3.65. The zero-order chi connectivity index (χ0) is 14.7. The molecule has 1 fully saturated rings. The summed E-state index contributed by atoms with van der Waals surface area (Å²) in [6.07, 6.45) is 0.497. The zero-order valence-electron chi connectivity index (χ0n) is 11.6. The summed E-state index contributed by atoms with van der Waals surface area (Å²) < 4.78 is 5.21. The van der Waals surface area contributed by atoms with Gasteiger partial charge in [-0.2, -0.15) is 0 Å². The van der Waals surface area contributed by atoms with E-state index in [1.165, 1.54) is 0 Å². The molecular formula is C18H16O3. The van der Waals surface area contributed by atoms with E-state index < -0.39 is 5.92 Å². The number of ether oxygens (including phenoxy) is 1. The summed E-state index contributed by atoms with van der Waals surface area (Å²) in [5.41, 5.74) is 1.15. The van der Waals surface area contributed by atoms with E-state index in [1.54, 1.807) is 24.3 Å². The van der Waals surface area contributed by atoms with Crippen LogP contribution in [0.3, 0.4) is 0 Å². The van der Waals surface area contributed by atoms with Crippen molar-refractivity contribution in [3.05, 3.63) is 71.8 Å². The molecule has 1 unspecified atom stereocenters. The molecule has 0 amide bonds. The Morgan fingerprint density at radius 2 is 1.33 bits per heavy atom.